The quantitative estimate of drug-likeness (QED) is 0.131. The zero-order chi connectivity index (χ0) is 33.7. The summed E-state index contributed by atoms with van der Waals surface area (Å²) >= 11 is 0. The van der Waals surface area contributed by atoms with Crippen LogP contribution in [0, 0.1) is 18.3 Å². The second kappa shape index (κ2) is 17.4. The van der Waals surface area contributed by atoms with E-state index >= 15 is 0 Å². The van der Waals surface area contributed by atoms with E-state index in [4.69, 9.17) is 11.2 Å². The summed E-state index contributed by atoms with van der Waals surface area (Å²) in [5, 5.41) is 7.96. The number of terminal acetylenes is 1. The number of benzene rings is 3. The Morgan fingerprint density at radius 1 is 0.891 bits per heavy atom. The van der Waals surface area contributed by atoms with E-state index in [9.17, 15) is 14.4 Å². The van der Waals surface area contributed by atoms with Gasteiger partial charge in [0, 0.05) is 17.8 Å². The second-order valence-corrected chi connectivity index (χ2v) is 13.3. The van der Waals surface area contributed by atoms with E-state index in [1.54, 1.807) is 49.9 Å². The third-order valence-corrected chi connectivity index (χ3v) is 7.70. The number of carbonyl (C=O) groups excluding carboxylic acids is 3. The maximum absolute atomic E-state index is 14.6. The number of fused-ring (bicyclic) bond motifs is 1. The largest absolute Gasteiger partial charge is 0.444 e. The Balaban J connectivity index is 2.03. The van der Waals surface area contributed by atoms with Crippen LogP contribution in [-0.4, -0.2) is 41.0 Å². The lowest BCUT2D eigenvalue weighted by Gasteiger charge is -2.35. The van der Waals surface area contributed by atoms with Crippen LogP contribution >= 0.6 is 0 Å². The molecule has 0 aliphatic rings. The van der Waals surface area contributed by atoms with Gasteiger partial charge in [-0.15, -0.1) is 6.42 Å². The minimum atomic E-state index is -0.962. The van der Waals surface area contributed by atoms with E-state index < -0.39 is 23.8 Å². The van der Waals surface area contributed by atoms with Crippen molar-refractivity contribution in [2.45, 2.75) is 104 Å². The fourth-order valence-electron chi connectivity index (χ4n) is 5.48. The van der Waals surface area contributed by atoms with Crippen molar-refractivity contribution in [1.29, 1.82) is 0 Å². The maximum Gasteiger partial charge on any atom is 0.408 e. The molecule has 0 aromatic heterocycles. The number of alkyl carbamates (subject to hydrolysis) is 1. The summed E-state index contributed by atoms with van der Waals surface area (Å²) < 4.78 is 5.53. The van der Waals surface area contributed by atoms with Gasteiger partial charge in [-0.2, -0.15) is 0 Å². The molecule has 0 saturated heterocycles. The molecule has 46 heavy (non-hydrogen) atoms. The lowest BCUT2D eigenvalue weighted by molar-refractivity contribution is -0.141. The van der Waals surface area contributed by atoms with Gasteiger partial charge in [0.1, 0.15) is 17.7 Å². The number of carbonyl (C=O) groups is 3. The topological polar surface area (TPSA) is 87.7 Å². The minimum Gasteiger partial charge on any atom is -0.444 e. The van der Waals surface area contributed by atoms with Crippen molar-refractivity contribution >= 4 is 34.4 Å². The zero-order valence-electron chi connectivity index (χ0n) is 28.4. The summed E-state index contributed by atoms with van der Waals surface area (Å²) in [5.74, 6) is 2.05. The van der Waals surface area contributed by atoms with E-state index in [0.29, 0.717) is 29.8 Å². The molecule has 0 radical (unpaired) electrons. The van der Waals surface area contributed by atoms with Crippen LogP contribution in [0.4, 0.5) is 10.5 Å². The van der Waals surface area contributed by atoms with Gasteiger partial charge in [0.15, 0.2) is 0 Å². The van der Waals surface area contributed by atoms with Gasteiger partial charge < -0.3 is 20.3 Å². The first kappa shape index (κ1) is 36.2. The number of ether oxygens (including phenoxy) is 1. The van der Waals surface area contributed by atoms with Crippen LogP contribution < -0.4 is 10.6 Å². The number of nitrogens with zero attached hydrogens (tertiary/aromatic N) is 1. The molecule has 246 valence electrons. The van der Waals surface area contributed by atoms with Crippen molar-refractivity contribution in [1.82, 2.24) is 10.2 Å². The molecule has 0 bridgehead atoms. The molecule has 3 amide bonds. The highest BCUT2D eigenvalue weighted by atomic mass is 16.6. The Bertz CT molecular complexity index is 1480. The summed E-state index contributed by atoms with van der Waals surface area (Å²) in [4.78, 5) is 43.4. The predicted molar refractivity (Wildman–Crippen MR) is 187 cm³/mol. The number of amides is 3. The molecule has 3 aromatic rings. The summed E-state index contributed by atoms with van der Waals surface area (Å²) in [6.45, 7) is 11.9. The van der Waals surface area contributed by atoms with Gasteiger partial charge in [0.2, 0.25) is 5.91 Å². The van der Waals surface area contributed by atoms with Crippen LogP contribution in [-0.2, 0) is 14.3 Å². The van der Waals surface area contributed by atoms with E-state index in [1.165, 1.54) is 0 Å². The smallest absolute Gasteiger partial charge is 0.408 e. The minimum absolute atomic E-state index is 0.0968. The van der Waals surface area contributed by atoms with Crippen LogP contribution in [0.1, 0.15) is 104 Å². The molecule has 0 aliphatic carbocycles. The van der Waals surface area contributed by atoms with Crippen molar-refractivity contribution in [3.63, 3.8) is 0 Å². The Morgan fingerprint density at radius 2 is 1.54 bits per heavy atom. The Morgan fingerprint density at radius 3 is 2.17 bits per heavy atom. The normalized spacial score (nSPS) is 12.7. The second-order valence-electron chi connectivity index (χ2n) is 13.3. The maximum atomic E-state index is 14.6. The van der Waals surface area contributed by atoms with Crippen LogP contribution in [0.5, 0.6) is 0 Å². The highest BCUT2D eigenvalue weighted by Gasteiger charge is 2.36. The molecular formula is C39H51N3O4. The molecule has 0 spiro atoms. The first-order chi connectivity index (χ1) is 21.9. The van der Waals surface area contributed by atoms with Gasteiger partial charge in [-0.1, -0.05) is 101 Å². The molecule has 3 aromatic carbocycles. The molecule has 0 heterocycles. The van der Waals surface area contributed by atoms with Gasteiger partial charge in [0.25, 0.3) is 5.91 Å². The molecule has 2 atom stereocenters. The number of rotatable bonds is 15. The zero-order valence-corrected chi connectivity index (χ0v) is 28.4. The number of anilines is 1. The number of unbranched alkanes of at least 4 members (excludes halogenated alkanes) is 5. The summed E-state index contributed by atoms with van der Waals surface area (Å²) in [6, 6.07) is 19.0. The van der Waals surface area contributed by atoms with E-state index in [2.05, 4.69) is 23.5 Å². The van der Waals surface area contributed by atoms with E-state index in [1.807, 2.05) is 56.3 Å². The first-order valence-electron chi connectivity index (χ1n) is 16.6. The van der Waals surface area contributed by atoms with Gasteiger partial charge in [-0.05, 0) is 80.1 Å². The van der Waals surface area contributed by atoms with E-state index in [-0.39, 0.29) is 17.7 Å². The highest BCUT2D eigenvalue weighted by molar-refractivity contribution is 6.00. The lowest BCUT2D eigenvalue weighted by atomic mass is 9.98. The van der Waals surface area contributed by atoms with Crippen molar-refractivity contribution in [3.8, 4) is 12.3 Å². The molecule has 0 aliphatic heterocycles. The average molecular weight is 626 g/mol. The lowest BCUT2D eigenvalue weighted by Crippen LogP contribution is -2.53. The first-order valence-corrected chi connectivity index (χ1v) is 16.6. The highest BCUT2D eigenvalue weighted by Crippen LogP contribution is 2.28. The van der Waals surface area contributed by atoms with E-state index in [0.717, 1.165) is 49.3 Å². The molecule has 0 fully saturated rings. The number of hydrogen-bond donors (Lipinski definition) is 2. The molecule has 7 heteroatoms. The fraction of sp³-hybridized carbons (Fsp3) is 0.462. The van der Waals surface area contributed by atoms with Crippen molar-refractivity contribution < 1.29 is 19.1 Å². The average Bonchev–Trinajstić information content (AvgIpc) is 3.00. The van der Waals surface area contributed by atoms with Crippen LogP contribution in [0.15, 0.2) is 66.7 Å². The summed E-state index contributed by atoms with van der Waals surface area (Å²) in [5.41, 5.74) is 1.22. The fourth-order valence-corrected chi connectivity index (χ4v) is 5.48. The third kappa shape index (κ3) is 11.2. The summed E-state index contributed by atoms with van der Waals surface area (Å²) in [7, 11) is 0. The molecule has 7 nitrogen and oxygen atoms in total. The monoisotopic (exact) mass is 625 g/mol. The molecule has 2 unspecified atom stereocenters. The van der Waals surface area contributed by atoms with Crippen LogP contribution in [0.25, 0.3) is 10.8 Å². The Labute approximate surface area is 275 Å². The number of hydrogen-bond acceptors (Lipinski definition) is 4. The van der Waals surface area contributed by atoms with Crippen molar-refractivity contribution in [2.24, 2.45) is 5.92 Å². The van der Waals surface area contributed by atoms with Gasteiger partial charge in [0.05, 0.1) is 0 Å². The van der Waals surface area contributed by atoms with Crippen molar-refractivity contribution in [3.05, 3.63) is 77.9 Å². The van der Waals surface area contributed by atoms with Crippen molar-refractivity contribution in [2.75, 3.05) is 11.9 Å². The van der Waals surface area contributed by atoms with Gasteiger partial charge in [-0.25, -0.2) is 4.79 Å². The predicted octanol–water partition coefficient (Wildman–Crippen LogP) is 8.63. The Kier molecular flexibility index (Phi) is 13.7. The third-order valence-electron chi connectivity index (χ3n) is 7.70. The van der Waals surface area contributed by atoms with Crippen LogP contribution in [0.2, 0.25) is 0 Å². The van der Waals surface area contributed by atoms with Gasteiger partial charge >= 0.3 is 6.09 Å². The summed E-state index contributed by atoms with van der Waals surface area (Å²) in [6.07, 6.45) is 11.5. The SMILES string of the molecule is C#Cc1ccc(C(C(=O)Nc2ccc3ccccc3c2)N(CCCCCCCC)C(=O)C(CC(C)C)NC(=O)OC(C)(C)C)cc1. The molecular weight excluding hydrogens is 574 g/mol. The molecule has 3 rings (SSSR count). The Hall–Kier alpha value is -4.31. The molecule has 2 N–H and O–H groups in total. The van der Waals surface area contributed by atoms with Gasteiger partial charge in [-0.3, -0.25) is 9.59 Å². The number of nitrogens with one attached hydrogen (secondary N) is 2. The molecule has 0 saturated carbocycles. The van der Waals surface area contributed by atoms with Crippen LogP contribution in [0.3, 0.4) is 0 Å². The standard InChI is InChI=1S/C39H51N3O4/c1-8-10-11-12-13-16-25-42(37(44)34(26-28(3)4)41-38(45)46-39(5,6)7)35(31-21-19-29(9-2)20-22-31)36(43)40-33-24-23-30-17-14-15-18-32(30)27-33/h2,14-15,17-24,27-28,34-35H,8,10-13,16,25-26H2,1,3-7H3,(H,40,43)(H,41,45).